The summed E-state index contributed by atoms with van der Waals surface area (Å²) in [6, 6.07) is 11.6. The van der Waals surface area contributed by atoms with Gasteiger partial charge in [0.15, 0.2) is 0 Å². The van der Waals surface area contributed by atoms with Gasteiger partial charge in [0.2, 0.25) is 7.37 Å². The number of esters is 1. The van der Waals surface area contributed by atoms with Crippen molar-refractivity contribution in [3.05, 3.63) is 53.1 Å². The zero-order chi connectivity index (χ0) is 23.0. The minimum absolute atomic E-state index is 0.226. The van der Waals surface area contributed by atoms with E-state index in [2.05, 4.69) is 0 Å². The Labute approximate surface area is 185 Å². The fourth-order valence-electron chi connectivity index (χ4n) is 3.76. The summed E-state index contributed by atoms with van der Waals surface area (Å²) >= 11 is 0. The molecule has 2 aromatic rings. The Hall–Kier alpha value is -2.30. The molecule has 31 heavy (non-hydrogen) atoms. The molecule has 2 atom stereocenters. The van der Waals surface area contributed by atoms with Gasteiger partial charge < -0.3 is 18.9 Å². The van der Waals surface area contributed by atoms with Gasteiger partial charge in [0.1, 0.15) is 23.3 Å². The van der Waals surface area contributed by atoms with Crippen LogP contribution in [-0.2, 0) is 18.6 Å². The lowest BCUT2D eigenvalue weighted by molar-refractivity contribution is -0.151. The van der Waals surface area contributed by atoms with Crippen LogP contribution in [0.3, 0.4) is 0 Å². The highest BCUT2D eigenvalue weighted by molar-refractivity contribution is 7.60. The van der Waals surface area contributed by atoms with Crippen LogP contribution in [0.15, 0.2) is 36.4 Å². The minimum atomic E-state index is -3.52. The highest BCUT2D eigenvalue weighted by Crippen LogP contribution is 2.67. The molecule has 0 N–H and O–H groups in total. The van der Waals surface area contributed by atoms with E-state index in [1.807, 2.05) is 62.3 Å². The molecule has 1 heterocycles. The van der Waals surface area contributed by atoms with E-state index in [9.17, 15) is 9.36 Å². The number of ether oxygens (including phenoxy) is 2. The minimum Gasteiger partial charge on any atom is -0.460 e. The summed E-state index contributed by atoms with van der Waals surface area (Å²) < 4.78 is 31.9. The van der Waals surface area contributed by atoms with E-state index in [1.54, 1.807) is 27.7 Å². The van der Waals surface area contributed by atoms with Crippen molar-refractivity contribution in [1.29, 1.82) is 0 Å². The SMILES string of the molecule is CCOP(=O)(CC(=O)OC(C)(C)C)C1c2ccc(C)cc2Oc2cc(N(C)C)ccc21. The van der Waals surface area contributed by atoms with Gasteiger partial charge in [0.25, 0.3) is 0 Å². The van der Waals surface area contributed by atoms with Crippen LogP contribution in [-0.4, -0.2) is 38.4 Å². The van der Waals surface area contributed by atoms with E-state index in [1.165, 1.54) is 0 Å². The van der Waals surface area contributed by atoms with Gasteiger partial charge in [-0.2, -0.15) is 0 Å². The largest absolute Gasteiger partial charge is 0.460 e. The van der Waals surface area contributed by atoms with Crippen molar-refractivity contribution < 1.29 is 23.4 Å². The Morgan fingerprint density at radius 1 is 1.10 bits per heavy atom. The third-order valence-electron chi connectivity index (χ3n) is 5.00. The lowest BCUT2D eigenvalue weighted by Crippen LogP contribution is -2.27. The monoisotopic (exact) mass is 445 g/mol. The number of carbonyl (C=O) groups is 1. The fraction of sp³-hybridized carbons (Fsp3) is 0.458. The van der Waals surface area contributed by atoms with Crippen molar-refractivity contribution in [3.8, 4) is 11.5 Å². The van der Waals surface area contributed by atoms with Gasteiger partial charge in [-0.25, -0.2) is 0 Å². The molecular formula is C24H32NO5P. The Kier molecular flexibility index (Phi) is 6.54. The summed E-state index contributed by atoms with van der Waals surface area (Å²) in [4.78, 5) is 14.7. The standard InChI is InChI=1S/C24H32NO5P/c1-8-28-31(27,15-22(26)30-24(3,4)5)23-18-11-9-16(2)13-20(18)29-21-14-17(25(6)7)10-12-19(21)23/h9-14,23H,8,15H2,1-7H3. The normalized spacial score (nSPS) is 17.1. The molecule has 0 fully saturated rings. The Balaban J connectivity index is 2.14. The highest BCUT2D eigenvalue weighted by atomic mass is 31.2. The molecule has 0 saturated heterocycles. The molecule has 2 unspecified atom stereocenters. The van der Waals surface area contributed by atoms with Gasteiger partial charge in [-0.15, -0.1) is 0 Å². The summed E-state index contributed by atoms with van der Waals surface area (Å²) in [5.41, 5.74) is 2.22. The quantitative estimate of drug-likeness (QED) is 0.407. The van der Waals surface area contributed by atoms with Crippen LogP contribution in [0.1, 0.15) is 50.0 Å². The molecule has 3 rings (SSSR count). The van der Waals surface area contributed by atoms with Gasteiger partial charge >= 0.3 is 5.97 Å². The molecule has 2 aromatic carbocycles. The number of hydrogen-bond acceptors (Lipinski definition) is 6. The van der Waals surface area contributed by atoms with Gasteiger partial charge in [-0.05, 0) is 52.3 Å². The maximum atomic E-state index is 14.3. The zero-order valence-corrected chi connectivity index (χ0v) is 20.3. The molecule has 0 saturated carbocycles. The van der Waals surface area contributed by atoms with Crippen LogP contribution in [0, 0.1) is 6.92 Å². The van der Waals surface area contributed by atoms with Crippen LogP contribution >= 0.6 is 7.37 Å². The second kappa shape index (κ2) is 8.68. The van der Waals surface area contributed by atoms with Crippen molar-refractivity contribution >= 4 is 19.0 Å². The number of nitrogens with zero attached hydrogens (tertiary/aromatic N) is 1. The van der Waals surface area contributed by atoms with E-state index in [0.717, 1.165) is 22.4 Å². The molecule has 6 nitrogen and oxygen atoms in total. The molecule has 1 aliphatic heterocycles. The molecule has 7 heteroatoms. The average Bonchev–Trinajstić information content (AvgIpc) is 2.63. The second-order valence-corrected chi connectivity index (χ2v) is 11.6. The molecule has 0 aromatic heterocycles. The number of carbonyl (C=O) groups excluding carboxylic acids is 1. The van der Waals surface area contributed by atoms with Gasteiger partial charge in [-0.3, -0.25) is 9.36 Å². The molecule has 0 amide bonds. The van der Waals surface area contributed by atoms with E-state index in [4.69, 9.17) is 14.0 Å². The predicted molar refractivity (Wildman–Crippen MR) is 124 cm³/mol. The summed E-state index contributed by atoms with van der Waals surface area (Å²) in [5, 5.41) is 0. The lowest BCUT2D eigenvalue weighted by Gasteiger charge is -2.34. The number of hydrogen-bond donors (Lipinski definition) is 0. The first kappa shape index (κ1) is 23.4. The van der Waals surface area contributed by atoms with E-state index >= 15 is 0 Å². The summed E-state index contributed by atoms with van der Waals surface area (Å²) in [6.07, 6.45) is -0.301. The average molecular weight is 445 g/mol. The summed E-state index contributed by atoms with van der Waals surface area (Å²) in [7, 11) is 0.381. The van der Waals surface area contributed by atoms with Gasteiger partial charge in [0, 0.05) is 37.0 Å². The van der Waals surface area contributed by atoms with Crippen molar-refractivity contribution in [3.63, 3.8) is 0 Å². The maximum Gasteiger partial charge on any atom is 0.316 e. The zero-order valence-electron chi connectivity index (χ0n) is 19.4. The van der Waals surface area contributed by atoms with E-state index in [0.29, 0.717) is 11.5 Å². The molecule has 168 valence electrons. The van der Waals surface area contributed by atoms with Crippen LogP contribution < -0.4 is 9.64 Å². The Morgan fingerprint density at radius 2 is 1.71 bits per heavy atom. The fourth-order valence-corrected chi connectivity index (χ4v) is 6.32. The second-order valence-electron chi connectivity index (χ2n) is 9.05. The van der Waals surface area contributed by atoms with Crippen LogP contribution in [0.25, 0.3) is 0 Å². The molecule has 0 bridgehead atoms. The number of benzene rings is 2. The molecule has 0 spiro atoms. The third-order valence-corrected chi connectivity index (χ3v) is 7.74. The smallest absolute Gasteiger partial charge is 0.316 e. The Bertz CT molecular complexity index is 1030. The molecule has 1 aliphatic rings. The number of anilines is 1. The third kappa shape index (κ3) is 5.13. The maximum absolute atomic E-state index is 14.3. The number of rotatable bonds is 6. The van der Waals surface area contributed by atoms with Gasteiger partial charge in [0.05, 0.1) is 12.3 Å². The highest BCUT2D eigenvalue weighted by Gasteiger charge is 2.44. The molecular weight excluding hydrogens is 413 g/mol. The van der Waals surface area contributed by atoms with Crippen LogP contribution in [0.4, 0.5) is 5.69 Å². The van der Waals surface area contributed by atoms with Crippen molar-refractivity contribution in [2.45, 2.75) is 45.9 Å². The van der Waals surface area contributed by atoms with Crippen LogP contribution in [0.2, 0.25) is 0 Å². The van der Waals surface area contributed by atoms with E-state index in [-0.39, 0.29) is 12.8 Å². The number of aryl methyl sites for hydroxylation is 1. The predicted octanol–water partition coefficient (Wildman–Crippen LogP) is 5.91. The van der Waals surface area contributed by atoms with Crippen molar-refractivity contribution in [2.75, 3.05) is 31.8 Å². The topological polar surface area (TPSA) is 65.1 Å². The first-order valence-corrected chi connectivity index (χ1v) is 12.4. The first-order valence-electron chi connectivity index (χ1n) is 10.5. The first-order chi connectivity index (χ1) is 14.4. The van der Waals surface area contributed by atoms with Gasteiger partial charge in [-0.1, -0.05) is 18.2 Å². The molecule has 0 aliphatic carbocycles. The number of fused-ring (bicyclic) bond motifs is 2. The molecule has 0 radical (unpaired) electrons. The van der Waals surface area contributed by atoms with Crippen molar-refractivity contribution in [2.24, 2.45) is 0 Å². The lowest BCUT2D eigenvalue weighted by atomic mass is 9.98. The summed E-state index contributed by atoms with van der Waals surface area (Å²) in [6.45, 7) is 9.37. The van der Waals surface area contributed by atoms with Crippen molar-refractivity contribution in [1.82, 2.24) is 0 Å². The van der Waals surface area contributed by atoms with Crippen LogP contribution in [0.5, 0.6) is 11.5 Å². The summed E-state index contributed by atoms with van der Waals surface area (Å²) in [5.74, 6) is 0.729. The van der Waals surface area contributed by atoms with E-state index < -0.39 is 24.6 Å². The Morgan fingerprint density at radius 3 is 2.29 bits per heavy atom.